The van der Waals surface area contributed by atoms with Crippen LogP contribution in [0.3, 0.4) is 0 Å². The number of hydrogen-bond acceptors (Lipinski definition) is 3. The smallest absolute Gasteiger partial charge is 0.239 e. The van der Waals surface area contributed by atoms with Crippen molar-refractivity contribution in [3.8, 4) is 0 Å². The van der Waals surface area contributed by atoms with Crippen LogP contribution in [0.25, 0.3) is 0 Å². The summed E-state index contributed by atoms with van der Waals surface area (Å²) in [6, 6.07) is 1.27. The van der Waals surface area contributed by atoms with E-state index in [2.05, 4.69) is 29.2 Å². The van der Waals surface area contributed by atoms with Crippen LogP contribution in [-0.4, -0.2) is 61.0 Å². The van der Waals surface area contributed by atoms with Gasteiger partial charge in [-0.1, -0.05) is 12.8 Å². The monoisotopic (exact) mass is 265 g/mol. The molecule has 1 amide bonds. The van der Waals surface area contributed by atoms with Crippen LogP contribution < -0.4 is 5.32 Å². The lowest BCUT2D eigenvalue weighted by atomic mass is 9.85. The van der Waals surface area contributed by atoms with Crippen LogP contribution >= 0.6 is 0 Å². The number of carbonyl (C=O) groups is 1. The number of carbonyl (C=O) groups excluding carboxylic acids is 1. The topological polar surface area (TPSA) is 35.6 Å². The maximum Gasteiger partial charge on any atom is 0.239 e. The van der Waals surface area contributed by atoms with E-state index in [0.717, 1.165) is 31.8 Å². The SMILES string of the molecule is CN(C)C1CCN(C(=O)C2CC3CCCCC3N2)C1. The largest absolute Gasteiger partial charge is 0.340 e. The first-order valence-electron chi connectivity index (χ1n) is 7.86. The van der Waals surface area contributed by atoms with Crippen LogP contribution in [0.1, 0.15) is 38.5 Å². The van der Waals surface area contributed by atoms with E-state index in [0.29, 0.717) is 18.0 Å². The molecule has 4 heteroatoms. The molecule has 2 saturated heterocycles. The number of nitrogens with zero attached hydrogens (tertiary/aromatic N) is 2. The van der Waals surface area contributed by atoms with Gasteiger partial charge in [-0.15, -0.1) is 0 Å². The third-order valence-corrected chi connectivity index (χ3v) is 5.37. The highest BCUT2D eigenvalue weighted by molar-refractivity contribution is 5.82. The molecule has 2 heterocycles. The molecule has 1 aliphatic carbocycles. The van der Waals surface area contributed by atoms with Crippen molar-refractivity contribution in [2.45, 2.75) is 56.7 Å². The Morgan fingerprint density at radius 1 is 1.21 bits per heavy atom. The fourth-order valence-corrected chi connectivity index (χ4v) is 4.09. The van der Waals surface area contributed by atoms with Crippen molar-refractivity contribution in [3.63, 3.8) is 0 Å². The van der Waals surface area contributed by atoms with Crippen LogP contribution in [0.15, 0.2) is 0 Å². The van der Waals surface area contributed by atoms with E-state index < -0.39 is 0 Å². The molecule has 4 atom stereocenters. The molecule has 4 unspecified atom stereocenters. The molecule has 108 valence electrons. The summed E-state index contributed by atoms with van der Waals surface area (Å²) in [4.78, 5) is 16.9. The summed E-state index contributed by atoms with van der Waals surface area (Å²) in [5, 5.41) is 3.61. The minimum atomic E-state index is 0.106. The molecule has 3 aliphatic rings. The number of likely N-dealkylation sites (tertiary alicyclic amines) is 1. The van der Waals surface area contributed by atoms with Crippen molar-refractivity contribution in [2.75, 3.05) is 27.2 Å². The van der Waals surface area contributed by atoms with E-state index in [1.165, 1.54) is 25.7 Å². The number of nitrogens with one attached hydrogen (secondary N) is 1. The van der Waals surface area contributed by atoms with Gasteiger partial charge in [-0.3, -0.25) is 4.79 Å². The summed E-state index contributed by atoms with van der Waals surface area (Å²) in [5.41, 5.74) is 0. The number of hydrogen-bond donors (Lipinski definition) is 1. The molecule has 2 aliphatic heterocycles. The van der Waals surface area contributed by atoms with Gasteiger partial charge in [-0.2, -0.15) is 0 Å². The highest BCUT2D eigenvalue weighted by atomic mass is 16.2. The summed E-state index contributed by atoms with van der Waals surface area (Å²) in [7, 11) is 4.22. The molecule has 0 aromatic carbocycles. The maximum atomic E-state index is 12.6. The van der Waals surface area contributed by atoms with Crippen molar-refractivity contribution >= 4 is 5.91 Å². The molecule has 3 fully saturated rings. The lowest BCUT2D eigenvalue weighted by Gasteiger charge is -2.24. The number of fused-ring (bicyclic) bond motifs is 1. The van der Waals surface area contributed by atoms with Gasteiger partial charge in [0.2, 0.25) is 5.91 Å². The second-order valence-corrected chi connectivity index (χ2v) is 6.80. The second kappa shape index (κ2) is 5.41. The first-order valence-corrected chi connectivity index (χ1v) is 7.86. The van der Waals surface area contributed by atoms with Gasteiger partial charge < -0.3 is 15.1 Å². The molecule has 0 radical (unpaired) electrons. The average molecular weight is 265 g/mol. The Kier molecular flexibility index (Phi) is 3.81. The molecule has 19 heavy (non-hydrogen) atoms. The molecular weight excluding hydrogens is 238 g/mol. The van der Waals surface area contributed by atoms with Gasteiger partial charge >= 0.3 is 0 Å². The van der Waals surface area contributed by atoms with E-state index in [1.807, 2.05) is 0 Å². The van der Waals surface area contributed by atoms with Crippen LogP contribution in [0, 0.1) is 5.92 Å². The molecular formula is C15H27N3O. The predicted molar refractivity (Wildman–Crippen MR) is 76.0 cm³/mol. The number of amides is 1. The van der Waals surface area contributed by atoms with Crippen molar-refractivity contribution in [2.24, 2.45) is 5.92 Å². The van der Waals surface area contributed by atoms with Crippen LogP contribution in [0.4, 0.5) is 0 Å². The first-order chi connectivity index (χ1) is 9.15. The Labute approximate surface area is 116 Å². The summed E-state index contributed by atoms with van der Waals surface area (Å²) >= 11 is 0. The highest BCUT2D eigenvalue weighted by Gasteiger charge is 2.41. The molecule has 0 bridgehead atoms. The quantitative estimate of drug-likeness (QED) is 0.811. The third kappa shape index (κ3) is 2.65. The fourth-order valence-electron chi connectivity index (χ4n) is 4.09. The van der Waals surface area contributed by atoms with E-state index >= 15 is 0 Å². The lowest BCUT2D eigenvalue weighted by Crippen LogP contribution is -2.45. The van der Waals surface area contributed by atoms with Crippen LogP contribution in [0.5, 0.6) is 0 Å². The van der Waals surface area contributed by atoms with Crippen molar-refractivity contribution in [3.05, 3.63) is 0 Å². The summed E-state index contributed by atoms with van der Waals surface area (Å²) in [6.45, 7) is 1.86. The summed E-state index contributed by atoms with van der Waals surface area (Å²) in [6.07, 6.45) is 7.49. The number of rotatable bonds is 2. The first kappa shape index (κ1) is 13.4. The van der Waals surface area contributed by atoms with Crippen molar-refractivity contribution in [1.82, 2.24) is 15.1 Å². The molecule has 4 nitrogen and oxygen atoms in total. The normalized spacial score (nSPS) is 38.8. The van der Waals surface area contributed by atoms with E-state index in [9.17, 15) is 4.79 Å². The summed E-state index contributed by atoms with van der Waals surface area (Å²) < 4.78 is 0. The average Bonchev–Trinajstić information content (AvgIpc) is 3.04. The Balaban J connectivity index is 1.57. The fraction of sp³-hybridized carbons (Fsp3) is 0.933. The van der Waals surface area contributed by atoms with Gasteiger partial charge in [-0.25, -0.2) is 0 Å². The zero-order chi connectivity index (χ0) is 13.4. The van der Waals surface area contributed by atoms with Gasteiger partial charge in [0.15, 0.2) is 0 Å². The van der Waals surface area contributed by atoms with Crippen molar-refractivity contribution in [1.29, 1.82) is 0 Å². The summed E-state index contributed by atoms with van der Waals surface area (Å²) in [5.74, 6) is 1.12. The van der Waals surface area contributed by atoms with E-state index in [1.54, 1.807) is 0 Å². The molecule has 0 aromatic heterocycles. The Bertz CT molecular complexity index is 330. The Morgan fingerprint density at radius 2 is 2.00 bits per heavy atom. The zero-order valence-corrected chi connectivity index (χ0v) is 12.3. The van der Waals surface area contributed by atoms with Gasteiger partial charge in [0.1, 0.15) is 0 Å². The minimum Gasteiger partial charge on any atom is -0.340 e. The van der Waals surface area contributed by atoms with Gasteiger partial charge in [0.25, 0.3) is 0 Å². The van der Waals surface area contributed by atoms with Gasteiger partial charge in [0.05, 0.1) is 6.04 Å². The zero-order valence-electron chi connectivity index (χ0n) is 12.3. The van der Waals surface area contributed by atoms with Gasteiger partial charge in [-0.05, 0) is 45.7 Å². The molecule has 1 saturated carbocycles. The second-order valence-electron chi connectivity index (χ2n) is 6.80. The molecule has 0 spiro atoms. The third-order valence-electron chi connectivity index (χ3n) is 5.37. The van der Waals surface area contributed by atoms with Crippen LogP contribution in [0.2, 0.25) is 0 Å². The lowest BCUT2D eigenvalue weighted by molar-refractivity contribution is -0.132. The number of likely N-dealkylation sites (N-methyl/N-ethyl adjacent to an activating group) is 1. The molecule has 0 aromatic rings. The highest BCUT2D eigenvalue weighted by Crippen LogP contribution is 2.34. The maximum absolute atomic E-state index is 12.6. The standard InChI is InChI=1S/C15H27N3O/c1-17(2)12-7-8-18(10-12)15(19)14-9-11-5-3-4-6-13(11)16-14/h11-14,16H,3-10H2,1-2H3. The molecule has 3 rings (SSSR count). The van der Waals surface area contributed by atoms with E-state index in [-0.39, 0.29) is 6.04 Å². The van der Waals surface area contributed by atoms with Crippen molar-refractivity contribution < 1.29 is 4.79 Å². The van der Waals surface area contributed by atoms with E-state index in [4.69, 9.17) is 0 Å². The minimum absolute atomic E-state index is 0.106. The predicted octanol–water partition coefficient (Wildman–Crippen LogP) is 1.07. The Hall–Kier alpha value is -0.610. The van der Waals surface area contributed by atoms with Crippen LogP contribution in [-0.2, 0) is 4.79 Å². The Morgan fingerprint density at radius 3 is 2.68 bits per heavy atom. The molecule has 1 N–H and O–H groups in total. The van der Waals surface area contributed by atoms with Gasteiger partial charge in [0, 0.05) is 25.2 Å².